The maximum absolute atomic E-state index is 12.7. The van der Waals surface area contributed by atoms with Crippen LogP contribution >= 0.6 is 0 Å². The Balaban J connectivity index is 1.91. The van der Waals surface area contributed by atoms with Crippen LogP contribution in [0.15, 0.2) is 48.5 Å². The largest absolute Gasteiger partial charge is 0.484 e. The van der Waals surface area contributed by atoms with E-state index < -0.39 is 24.3 Å². The van der Waals surface area contributed by atoms with Gasteiger partial charge in [-0.05, 0) is 49.4 Å². The van der Waals surface area contributed by atoms with E-state index in [9.17, 15) is 22.8 Å². The predicted octanol–water partition coefficient (Wildman–Crippen LogP) is 3.18. The lowest BCUT2D eigenvalue weighted by atomic mass is 10.2. The molecule has 0 aliphatic carbocycles. The number of likely N-dealkylation sites (N-methyl/N-ethyl adjacent to an activating group) is 1. The molecule has 29 heavy (non-hydrogen) atoms. The van der Waals surface area contributed by atoms with E-state index in [-0.39, 0.29) is 24.7 Å². The fourth-order valence-corrected chi connectivity index (χ4v) is 2.52. The molecule has 2 N–H and O–H groups in total. The first kappa shape index (κ1) is 22.2. The summed E-state index contributed by atoms with van der Waals surface area (Å²) in [5.74, 6) is -0.536. The highest BCUT2D eigenvalue weighted by Crippen LogP contribution is 2.30. The van der Waals surface area contributed by atoms with Crippen LogP contribution in [0.4, 0.5) is 18.9 Å². The number of anilines is 1. The minimum absolute atomic E-state index is 0.0120. The second-order valence-electron chi connectivity index (χ2n) is 6.05. The third-order valence-corrected chi connectivity index (χ3v) is 3.98. The van der Waals surface area contributed by atoms with Gasteiger partial charge in [0.05, 0.1) is 12.2 Å². The molecule has 0 aliphatic rings. The van der Waals surface area contributed by atoms with Crippen LogP contribution in [0.5, 0.6) is 5.75 Å². The highest BCUT2D eigenvalue weighted by molar-refractivity contribution is 5.94. The van der Waals surface area contributed by atoms with Crippen LogP contribution in [-0.2, 0) is 11.0 Å². The van der Waals surface area contributed by atoms with E-state index in [0.29, 0.717) is 17.9 Å². The first-order valence-electron chi connectivity index (χ1n) is 8.84. The molecule has 156 valence electrons. The molecule has 0 atom stereocenters. The van der Waals surface area contributed by atoms with Gasteiger partial charge in [-0.25, -0.2) is 0 Å². The lowest BCUT2D eigenvalue weighted by Gasteiger charge is -2.19. The number of alkyl halides is 3. The van der Waals surface area contributed by atoms with Crippen molar-refractivity contribution < 1.29 is 32.6 Å². The van der Waals surface area contributed by atoms with Crippen LogP contribution < -0.4 is 10.1 Å². The van der Waals surface area contributed by atoms with E-state index in [0.717, 1.165) is 12.1 Å². The average Bonchev–Trinajstić information content (AvgIpc) is 2.70. The zero-order chi connectivity index (χ0) is 21.4. The van der Waals surface area contributed by atoms with Crippen LogP contribution in [0, 0.1) is 0 Å². The van der Waals surface area contributed by atoms with E-state index in [4.69, 9.17) is 9.84 Å². The summed E-state index contributed by atoms with van der Waals surface area (Å²) in [5.41, 5.74) is -0.447. The number of aliphatic hydroxyl groups is 1. The van der Waals surface area contributed by atoms with Gasteiger partial charge in [0.2, 0.25) is 0 Å². The molecule has 6 nitrogen and oxygen atoms in total. The van der Waals surface area contributed by atoms with Crippen molar-refractivity contribution in [3.8, 4) is 5.75 Å². The Morgan fingerprint density at radius 1 is 1.14 bits per heavy atom. The van der Waals surface area contributed by atoms with Crippen LogP contribution in [0.2, 0.25) is 0 Å². The molecule has 0 heterocycles. The third kappa shape index (κ3) is 6.49. The van der Waals surface area contributed by atoms with Crippen LogP contribution in [-0.4, -0.2) is 48.1 Å². The lowest BCUT2D eigenvalue weighted by molar-refractivity contribution is -0.137. The molecular weight excluding hydrogens is 389 g/mol. The fourth-order valence-electron chi connectivity index (χ4n) is 2.52. The number of carbonyl (C=O) groups is 2. The summed E-state index contributed by atoms with van der Waals surface area (Å²) in [7, 11) is 0. The van der Waals surface area contributed by atoms with Gasteiger partial charge >= 0.3 is 6.18 Å². The zero-order valence-corrected chi connectivity index (χ0v) is 15.7. The normalized spacial score (nSPS) is 11.1. The molecule has 9 heteroatoms. The Bertz CT molecular complexity index is 838. The number of amides is 2. The standard InChI is InChI=1S/C20H21F3N2O4/c1-2-25(10-11-26)19(28)14-6-8-17(9-7-14)29-13-18(27)24-16-5-3-4-15(12-16)20(21,22)23/h3-9,12,26H,2,10-11,13H2,1H3,(H,24,27). The monoisotopic (exact) mass is 410 g/mol. The molecule has 0 saturated heterocycles. The molecule has 0 aromatic heterocycles. The number of benzene rings is 2. The first-order valence-corrected chi connectivity index (χ1v) is 8.84. The van der Waals surface area contributed by atoms with Gasteiger partial charge in [0.1, 0.15) is 5.75 Å². The number of rotatable bonds is 8. The summed E-state index contributed by atoms with van der Waals surface area (Å²) in [6, 6.07) is 10.4. The van der Waals surface area contributed by atoms with Gasteiger partial charge in [-0.15, -0.1) is 0 Å². The van der Waals surface area contributed by atoms with Crippen LogP contribution in [0.3, 0.4) is 0 Å². The molecule has 0 unspecified atom stereocenters. The smallest absolute Gasteiger partial charge is 0.416 e. The highest BCUT2D eigenvalue weighted by Gasteiger charge is 2.30. The number of hydrogen-bond acceptors (Lipinski definition) is 4. The molecular formula is C20H21F3N2O4. The van der Waals surface area contributed by atoms with Gasteiger partial charge in [0, 0.05) is 24.3 Å². The van der Waals surface area contributed by atoms with Crippen LogP contribution in [0.25, 0.3) is 0 Å². The van der Waals surface area contributed by atoms with E-state index in [1.165, 1.54) is 41.3 Å². The maximum atomic E-state index is 12.7. The second-order valence-corrected chi connectivity index (χ2v) is 6.05. The summed E-state index contributed by atoms with van der Waals surface area (Å²) in [6.07, 6.45) is -4.50. The number of hydrogen-bond donors (Lipinski definition) is 2. The van der Waals surface area contributed by atoms with E-state index >= 15 is 0 Å². The van der Waals surface area contributed by atoms with Gasteiger partial charge in [0.25, 0.3) is 11.8 Å². The zero-order valence-electron chi connectivity index (χ0n) is 15.7. The van der Waals surface area contributed by atoms with E-state index in [1.54, 1.807) is 6.92 Å². The van der Waals surface area contributed by atoms with Crippen molar-refractivity contribution in [2.24, 2.45) is 0 Å². The second kappa shape index (κ2) is 9.92. The molecule has 2 aromatic carbocycles. The molecule has 2 amide bonds. The Morgan fingerprint density at radius 3 is 2.41 bits per heavy atom. The summed E-state index contributed by atoms with van der Waals surface area (Å²) >= 11 is 0. The van der Waals surface area contributed by atoms with Gasteiger partial charge in [-0.1, -0.05) is 6.07 Å². The van der Waals surface area contributed by atoms with Gasteiger partial charge in [-0.2, -0.15) is 13.2 Å². The first-order chi connectivity index (χ1) is 13.7. The molecule has 2 rings (SSSR count). The van der Waals surface area contributed by atoms with Gasteiger partial charge < -0.3 is 20.1 Å². The molecule has 0 saturated carbocycles. The number of aliphatic hydroxyl groups excluding tert-OH is 1. The molecule has 0 bridgehead atoms. The van der Waals surface area contributed by atoms with Crippen LogP contribution in [0.1, 0.15) is 22.8 Å². The topological polar surface area (TPSA) is 78.9 Å². The summed E-state index contributed by atoms with van der Waals surface area (Å²) < 4.78 is 43.4. The Kier molecular flexibility index (Phi) is 7.60. The van der Waals surface area contributed by atoms with Crippen molar-refractivity contribution in [2.75, 3.05) is 31.6 Å². The van der Waals surface area contributed by atoms with Crippen molar-refractivity contribution in [1.29, 1.82) is 0 Å². The van der Waals surface area contributed by atoms with Crippen molar-refractivity contribution in [1.82, 2.24) is 4.90 Å². The van der Waals surface area contributed by atoms with Crippen molar-refractivity contribution in [3.05, 3.63) is 59.7 Å². The number of nitrogens with zero attached hydrogens (tertiary/aromatic N) is 1. The summed E-state index contributed by atoms with van der Waals surface area (Å²) in [6.45, 7) is 1.93. The molecule has 0 spiro atoms. The fraction of sp³-hybridized carbons (Fsp3) is 0.300. The maximum Gasteiger partial charge on any atom is 0.416 e. The minimum Gasteiger partial charge on any atom is -0.484 e. The predicted molar refractivity (Wildman–Crippen MR) is 101 cm³/mol. The lowest BCUT2D eigenvalue weighted by Crippen LogP contribution is -2.33. The highest BCUT2D eigenvalue weighted by atomic mass is 19.4. The average molecular weight is 410 g/mol. The summed E-state index contributed by atoms with van der Waals surface area (Å²) in [5, 5.41) is 11.3. The number of halogens is 3. The molecule has 0 aliphatic heterocycles. The van der Waals surface area contributed by atoms with Gasteiger partial charge in [0.15, 0.2) is 6.61 Å². The number of ether oxygens (including phenoxy) is 1. The molecule has 0 fully saturated rings. The minimum atomic E-state index is -4.50. The van der Waals surface area contributed by atoms with Crippen molar-refractivity contribution in [2.45, 2.75) is 13.1 Å². The van der Waals surface area contributed by atoms with Crippen molar-refractivity contribution >= 4 is 17.5 Å². The van der Waals surface area contributed by atoms with Gasteiger partial charge in [-0.3, -0.25) is 9.59 Å². The Hall–Kier alpha value is -3.07. The Labute approximate surface area is 165 Å². The van der Waals surface area contributed by atoms with E-state index in [2.05, 4.69) is 5.32 Å². The quantitative estimate of drug-likeness (QED) is 0.701. The SMILES string of the molecule is CCN(CCO)C(=O)c1ccc(OCC(=O)Nc2cccc(C(F)(F)F)c2)cc1. The van der Waals surface area contributed by atoms with Crippen molar-refractivity contribution in [3.63, 3.8) is 0 Å². The number of nitrogens with one attached hydrogen (secondary N) is 1. The third-order valence-electron chi connectivity index (χ3n) is 3.98. The Morgan fingerprint density at radius 2 is 1.83 bits per heavy atom. The summed E-state index contributed by atoms with van der Waals surface area (Å²) in [4.78, 5) is 25.7. The molecule has 2 aromatic rings. The number of carbonyl (C=O) groups excluding carboxylic acids is 2. The van der Waals surface area contributed by atoms with E-state index in [1.807, 2.05) is 0 Å². The molecule has 0 radical (unpaired) electrons.